The van der Waals surface area contributed by atoms with Crippen LogP contribution in [0.2, 0.25) is 0 Å². The molecule has 0 aliphatic heterocycles. The van der Waals surface area contributed by atoms with Crippen LogP contribution in [0.1, 0.15) is 0 Å². The third kappa shape index (κ3) is 2.34. The van der Waals surface area contributed by atoms with Crippen molar-refractivity contribution in [1.82, 2.24) is 4.98 Å². The molecule has 0 spiro atoms. The Labute approximate surface area is 105 Å². The Balaban J connectivity index is 2.70. The average Bonchev–Trinajstić information content (AvgIpc) is 2.34. The molecule has 0 saturated heterocycles. The summed E-state index contributed by atoms with van der Waals surface area (Å²) >= 11 is 0. The quantitative estimate of drug-likeness (QED) is 0.847. The van der Waals surface area contributed by atoms with Crippen LogP contribution in [0.25, 0.3) is 10.9 Å². The van der Waals surface area contributed by atoms with Crippen molar-refractivity contribution in [3.63, 3.8) is 0 Å². The summed E-state index contributed by atoms with van der Waals surface area (Å²) in [6, 6.07) is 6.24. The lowest BCUT2D eigenvalue weighted by Gasteiger charge is -2.09. The van der Waals surface area contributed by atoms with Crippen LogP contribution in [-0.2, 0) is 10.0 Å². The molecule has 5 nitrogen and oxygen atoms in total. The zero-order valence-corrected chi connectivity index (χ0v) is 10.4. The predicted octanol–water partition coefficient (Wildman–Crippen LogP) is 1.45. The van der Waals surface area contributed by atoms with E-state index in [-0.39, 0.29) is 4.90 Å². The third-order valence-corrected chi connectivity index (χ3v) is 3.32. The molecule has 0 aliphatic carbocycles. The van der Waals surface area contributed by atoms with Gasteiger partial charge in [0.25, 0.3) is 0 Å². The highest BCUT2D eigenvalue weighted by atomic mass is 32.2. The lowest BCUT2D eigenvalue weighted by atomic mass is 10.2. The SMILES string of the molecule is C=CCOc1ccc(S(N)(=O)=O)c2cccnc12. The minimum Gasteiger partial charge on any atom is -0.487 e. The van der Waals surface area contributed by atoms with Gasteiger partial charge in [-0.3, -0.25) is 4.98 Å². The average molecular weight is 264 g/mol. The normalized spacial score (nSPS) is 11.4. The van der Waals surface area contributed by atoms with Crippen molar-refractivity contribution in [2.24, 2.45) is 5.14 Å². The zero-order valence-electron chi connectivity index (χ0n) is 9.54. The maximum Gasteiger partial charge on any atom is 0.238 e. The molecule has 1 aromatic carbocycles. The second-order valence-electron chi connectivity index (χ2n) is 3.61. The third-order valence-electron chi connectivity index (χ3n) is 2.36. The Morgan fingerprint density at radius 1 is 1.39 bits per heavy atom. The largest absolute Gasteiger partial charge is 0.487 e. The summed E-state index contributed by atoms with van der Waals surface area (Å²) in [7, 11) is -3.78. The molecule has 0 fully saturated rings. The zero-order chi connectivity index (χ0) is 13.2. The molecule has 18 heavy (non-hydrogen) atoms. The summed E-state index contributed by atoms with van der Waals surface area (Å²) in [5, 5.41) is 5.61. The molecular weight excluding hydrogens is 252 g/mol. The molecule has 2 aromatic rings. The molecule has 0 atom stereocenters. The lowest BCUT2D eigenvalue weighted by molar-refractivity contribution is 0.366. The van der Waals surface area contributed by atoms with Crippen molar-refractivity contribution < 1.29 is 13.2 Å². The van der Waals surface area contributed by atoms with E-state index in [1.807, 2.05) is 0 Å². The molecule has 1 heterocycles. The number of aromatic nitrogens is 1. The van der Waals surface area contributed by atoms with Gasteiger partial charge in [0.15, 0.2) is 0 Å². The fraction of sp³-hybridized carbons (Fsp3) is 0.0833. The van der Waals surface area contributed by atoms with Gasteiger partial charge in [0.05, 0.1) is 4.90 Å². The maximum absolute atomic E-state index is 11.5. The minimum absolute atomic E-state index is 0.0385. The van der Waals surface area contributed by atoms with Crippen LogP contribution in [0.15, 0.2) is 48.0 Å². The number of nitrogens with two attached hydrogens (primary N) is 1. The summed E-state index contributed by atoms with van der Waals surface area (Å²) in [6.45, 7) is 3.87. The topological polar surface area (TPSA) is 82.3 Å². The molecule has 6 heteroatoms. The Morgan fingerprint density at radius 2 is 2.17 bits per heavy atom. The lowest BCUT2D eigenvalue weighted by Crippen LogP contribution is -2.13. The summed E-state index contributed by atoms with van der Waals surface area (Å²) in [5.41, 5.74) is 0.464. The number of rotatable bonds is 4. The number of primary sulfonamides is 1. The number of fused-ring (bicyclic) bond motifs is 1. The van der Waals surface area contributed by atoms with Crippen molar-refractivity contribution in [2.45, 2.75) is 4.90 Å². The first-order valence-corrected chi connectivity index (χ1v) is 6.73. The Hall–Kier alpha value is -1.92. The van der Waals surface area contributed by atoms with Crippen LogP contribution in [0.3, 0.4) is 0 Å². The summed E-state index contributed by atoms with van der Waals surface area (Å²) in [6.07, 6.45) is 3.17. The number of nitrogens with zero attached hydrogens (tertiary/aromatic N) is 1. The highest BCUT2D eigenvalue weighted by Gasteiger charge is 2.15. The van der Waals surface area contributed by atoms with E-state index < -0.39 is 10.0 Å². The molecule has 0 radical (unpaired) electrons. The maximum atomic E-state index is 11.5. The molecule has 0 amide bonds. The Bertz CT molecular complexity index is 696. The predicted molar refractivity (Wildman–Crippen MR) is 68.8 cm³/mol. The molecule has 94 valence electrons. The van der Waals surface area contributed by atoms with E-state index in [9.17, 15) is 8.42 Å². The highest BCUT2D eigenvalue weighted by Crippen LogP contribution is 2.28. The van der Waals surface area contributed by atoms with Crippen LogP contribution in [0, 0.1) is 0 Å². The first kappa shape index (κ1) is 12.5. The van der Waals surface area contributed by atoms with Gasteiger partial charge in [-0.1, -0.05) is 12.7 Å². The molecule has 2 N–H and O–H groups in total. The van der Waals surface area contributed by atoms with Gasteiger partial charge in [0.2, 0.25) is 10.0 Å². The van der Waals surface area contributed by atoms with Crippen LogP contribution in [-0.4, -0.2) is 20.0 Å². The fourth-order valence-corrected chi connectivity index (χ4v) is 2.36. The molecule has 0 saturated carbocycles. The van der Waals surface area contributed by atoms with Gasteiger partial charge in [0.1, 0.15) is 17.9 Å². The van der Waals surface area contributed by atoms with Gasteiger partial charge in [-0.2, -0.15) is 0 Å². The Morgan fingerprint density at radius 3 is 2.83 bits per heavy atom. The van der Waals surface area contributed by atoms with Gasteiger partial charge in [-0.15, -0.1) is 0 Å². The second kappa shape index (κ2) is 4.75. The first-order chi connectivity index (χ1) is 8.54. The van der Waals surface area contributed by atoms with E-state index in [1.54, 1.807) is 30.5 Å². The molecule has 2 rings (SSSR count). The minimum atomic E-state index is -3.78. The van der Waals surface area contributed by atoms with Crippen molar-refractivity contribution in [3.05, 3.63) is 43.1 Å². The number of sulfonamides is 1. The number of hydrogen-bond acceptors (Lipinski definition) is 4. The van der Waals surface area contributed by atoms with Gasteiger partial charge >= 0.3 is 0 Å². The first-order valence-electron chi connectivity index (χ1n) is 5.18. The van der Waals surface area contributed by atoms with Crippen LogP contribution in [0.4, 0.5) is 0 Å². The molecule has 0 unspecified atom stereocenters. The van der Waals surface area contributed by atoms with Crippen molar-refractivity contribution in [1.29, 1.82) is 0 Å². The van der Waals surface area contributed by atoms with Crippen LogP contribution < -0.4 is 9.88 Å². The Kier molecular flexibility index (Phi) is 3.31. The molecule has 0 bridgehead atoms. The number of ether oxygens (including phenoxy) is 1. The highest BCUT2D eigenvalue weighted by molar-refractivity contribution is 7.89. The number of benzene rings is 1. The van der Waals surface area contributed by atoms with E-state index in [0.29, 0.717) is 23.3 Å². The van der Waals surface area contributed by atoms with Gasteiger partial charge in [-0.05, 0) is 24.3 Å². The van der Waals surface area contributed by atoms with E-state index in [1.165, 1.54) is 6.07 Å². The fourth-order valence-electron chi connectivity index (χ4n) is 1.63. The van der Waals surface area contributed by atoms with Crippen LogP contribution >= 0.6 is 0 Å². The molecular formula is C12H12N2O3S. The second-order valence-corrected chi connectivity index (χ2v) is 5.14. The van der Waals surface area contributed by atoms with E-state index in [2.05, 4.69) is 11.6 Å². The summed E-state index contributed by atoms with van der Waals surface area (Å²) in [4.78, 5) is 4.17. The van der Waals surface area contributed by atoms with Crippen molar-refractivity contribution in [3.8, 4) is 5.75 Å². The van der Waals surface area contributed by atoms with E-state index >= 15 is 0 Å². The number of hydrogen-bond donors (Lipinski definition) is 1. The van der Waals surface area contributed by atoms with Gasteiger partial charge in [0, 0.05) is 11.6 Å². The number of pyridine rings is 1. The smallest absolute Gasteiger partial charge is 0.238 e. The molecule has 0 aliphatic rings. The van der Waals surface area contributed by atoms with E-state index in [0.717, 1.165) is 0 Å². The molecule has 1 aromatic heterocycles. The van der Waals surface area contributed by atoms with Crippen molar-refractivity contribution in [2.75, 3.05) is 6.61 Å². The standard InChI is InChI=1S/C12H12N2O3S/c1-2-8-17-10-5-6-11(18(13,15)16)9-4-3-7-14-12(9)10/h2-7H,1,8H2,(H2,13,15,16). The monoisotopic (exact) mass is 264 g/mol. The van der Waals surface area contributed by atoms with Gasteiger partial charge < -0.3 is 4.74 Å². The summed E-state index contributed by atoms with van der Waals surface area (Å²) < 4.78 is 28.4. The van der Waals surface area contributed by atoms with Gasteiger partial charge in [-0.25, -0.2) is 13.6 Å². The van der Waals surface area contributed by atoms with E-state index in [4.69, 9.17) is 9.88 Å². The van der Waals surface area contributed by atoms with Crippen LogP contribution in [0.5, 0.6) is 5.75 Å². The summed E-state index contributed by atoms with van der Waals surface area (Å²) in [5.74, 6) is 0.498. The van der Waals surface area contributed by atoms with Crippen molar-refractivity contribution >= 4 is 20.9 Å².